The molecule has 25 heavy (non-hydrogen) atoms. The fourth-order valence-corrected chi connectivity index (χ4v) is 2.75. The van der Waals surface area contributed by atoms with Crippen molar-refractivity contribution in [3.8, 4) is 11.5 Å². The molecule has 0 unspecified atom stereocenters. The molecule has 2 rings (SSSR count). The first-order valence-electron chi connectivity index (χ1n) is 7.61. The summed E-state index contributed by atoms with van der Waals surface area (Å²) in [4.78, 5) is 12.6. The van der Waals surface area contributed by atoms with Gasteiger partial charge in [0.05, 0.1) is 18.6 Å². The molecule has 0 aliphatic heterocycles. The maximum absolute atomic E-state index is 12.5. The summed E-state index contributed by atoms with van der Waals surface area (Å²) < 4.78 is 35.5. The summed E-state index contributed by atoms with van der Waals surface area (Å²) in [5.74, 6) is -1.81. The maximum Gasteiger partial charge on any atom is 0.289 e. The number of ketones is 1. The third kappa shape index (κ3) is 5.60. The highest BCUT2D eigenvalue weighted by Gasteiger charge is 2.13. The number of hydrogen-bond acceptors (Lipinski definition) is 4. The molecule has 0 bridgehead atoms. The lowest BCUT2D eigenvalue weighted by Crippen LogP contribution is -1.97. The standard InChI is InChI=1S/C19H18F2O3S/c1-3-24-15-6-4-5-13(11-15)7-9-16(22)14-8-10-18(25-19(20)21)17(12-14)23-2/h4-12,19H,3H2,1-2H3. The van der Waals surface area contributed by atoms with Crippen LogP contribution in [0.1, 0.15) is 22.8 Å². The number of alkyl halides is 2. The zero-order valence-corrected chi connectivity index (χ0v) is 14.7. The van der Waals surface area contributed by atoms with Crippen molar-refractivity contribution in [3.05, 3.63) is 59.7 Å². The highest BCUT2D eigenvalue weighted by molar-refractivity contribution is 7.99. The Morgan fingerprint density at radius 3 is 2.72 bits per heavy atom. The first-order chi connectivity index (χ1) is 12.0. The Labute approximate surface area is 149 Å². The predicted molar refractivity (Wildman–Crippen MR) is 95.8 cm³/mol. The summed E-state index contributed by atoms with van der Waals surface area (Å²) in [7, 11) is 1.38. The molecule has 0 N–H and O–H groups in total. The van der Waals surface area contributed by atoms with Crippen LogP contribution in [0.25, 0.3) is 6.08 Å². The molecular weight excluding hydrogens is 346 g/mol. The van der Waals surface area contributed by atoms with Crippen LogP contribution in [0.5, 0.6) is 11.5 Å². The van der Waals surface area contributed by atoms with E-state index in [9.17, 15) is 13.6 Å². The normalized spacial score (nSPS) is 11.1. The minimum Gasteiger partial charge on any atom is -0.496 e. The van der Waals surface area contributed by atoms with Crippen LogP contribution in [0.15, 0.2) is 53.4 Å². The molecule has 0 heterocycles. The second-order valence-electron chi connectivity index (χ2n) is 4.95. The summed E-state index contributed by atoms with van der Waals surface area (Å²) >= 11 is 0.385. The fraction of sp³-hybridized carbons (Fsp3) is 0.211. The minimum atomic E-state index is -2.55. The third-order valence-corrected chi connectivity index (χ3v) is 4.03. The molecule has 0 spiro atoms. The zero-order valence-electron chi connectivity index (χ0n) is 13.9. The van der Waals surface area contributed by atoms with Crippen LogP contribution in [-0.4, -0.2) is 25.3 Å². The fourth-order valence-electron chi connectivity index (χ4n) is 2.16. The van der Waals surface area contributed by atoms with Crippen molar-refractivity contribution in [3.63, 3.8) is 0 Å². The second kappa shape index (κ2) is 9.22. The number of hydrogen-bond donors (Lipinski definition) is 0. The van der Waals surface area contributed by atoms with Crippen LogP contribution in [0.3, 0.4) is 0 Å². The number of benzene rings is 2. The predicted octanol–water partition coefficient (Wildman–Crippen LogP) is 5.30. The number of thioether (sulfide) groups is 1. The molecule has 0 amide bonds. The molecule has 2 aromatic carbocycles. The van der Waals surface area contributed by atoms with E-state index < -0.39 is 5.76 Å². The molecule has 0 aromatic heterocycles. The van der Waals surface area contributed by atoms with Crippen LogP contribution in [-0.2, 0) is 0 Å². The summed E-state index contributed by atoms with van der Waals surface area (Å²) in [6.45, 7) is 2.46. The van der Waals surface area contributed by atoms with Crippen LogP contribution >= 0.6 is 11.8 Å². The number of methoxy groups -OCH3 is 1. The van der Waals surface area contributed by atoms with Crippen molar-refractivity contribution in [1.82, 2.24) is 0 Å². The highest BCUT2D eigenvalue weighted by Crippen LogP contribution is 2.34. The number of halogens is 2. The number of ether oxygens (including phenoxy) is 2. The highest BCUT2D eigenvalue weighted by atomic mass is 32.2. The molecule has 0 aliphatic carbocycles. The zero-order chi connectivity index (χ0) is 18.2. The van der Waals surface area contributed by atoms with Crippen LogP contribution in [0.2, 0.25) is 0 Å². The van der Waals surface area contributed by atoms with Gasteiger partial charge in [-0.05, 0) is 48.9 Å². The second-order valence-corrected chi connectivity index (χ2v) is 5.98. The van der Waals surface area contributed by atoms with Crippen molar-refractivity contribution in [1.29, 1.82) is 0 Å². The van der Waals surface area contributed by atoms with Gasteiger partial charge in [-0.25, -0.2) is 0 Å². The quantitative estimate of drug-likeness (QED) is 0.361. The summed E-state index contributed by atoms with van der Waals surface area (Å²) in [6.07, 6.45) is 3.11. The Hall–Kier alpha value is -2.34. The van der Waals surface area contributed by atoms with Crippen molar-refractivity contribution >= 4 is 23.6 Å². The summed E-state index contributed by atoms with van der Waals surface area (Å²) in [5.41, 5.74) is 1.20. The minimum absolute atomic E-state index is 0.242. The Morgan fingerprint density at radius 2 is 2.04 bits per heavy atom. The number of allylic oxidation sites excluding steroid dienone is 1. The van der Waals surface area contributed by atoms with E-state index in [0.29, 0.717) is 28.8 Å². The topological polar surface area (TPSA) is 35.5 Å². The van der Waals surface area contributed by atoms with Gasteiger partial charge in [0.1, 0.15) is 11.5 Å². The molecule has 0 radical (unpaired) electrons. The van der Waals surface area contributed by atoms with Crippen molar-refractivity contribution in [2.24, 2.45) is 0 Å². The van der Waals surface area contributed by atoms with Crippen molar-refractivity contribution in [2.45, 2.75) is 17.6 Å². The largest absolute Gasteiger partial charge is 0.496 e. The molecular formula is C19H18F2O3S. The van der Waals surface area contributed by atoms with E-state index in [2.05, 4.69) is 0 Å². The number of rotatable bonds is 8. The van der Waals surface area contributed by atoms with Crippen LogP contribution < -0.4 is 9.47 Å². The lowest BCUT2D eigenvalue weighted by atomic mass is 10.1. The maximum atomic E-state index is 12.5. The SMILES string of the molecule is CCOc1cccc(C=CC(=O)c2ccc(SC(F)F)c(OC)c2)c1. The van der Waals surface area contributed by atoms with E-state index in [-0.39, 0.29) is 11.5 Å². The van der Waals surface area contributed by atoms with Gasteiger partial charge in [0.15, 0.2) is 5.78 Å². The molecule has 0 saturated carbocycles. The van der Waals surface area contributed by atoms with Crippen LogP contribution in [0, 0.1) is 0 Å². The summed E-state index contributed by atoms with van der Waals surface area (Å²) in [6, 6.07) is 11.8. The Kier molecular flexibility index (Phi) is 7.01. The molecule has 0 aliphatic rings. The molecule has 3 nitrogen and oxygen atoms in total. The van der Waals surface area contributed by atoms with Crippen molar-refractivity contribution < 1.29 is 23.0 Å². The first-order valence-corrected chi connectivity index (χ1v) is 8.49. The van der Waals surface area contributed by atoms with E-state index in [4.69, 9.17) is 9.47 Å². The lowest BCUT2D eigenvalue weighted by molar-refractivity contribution is 0.104. The van der Waals surface area contributed by atoms with Gasteiger partial charge in [-0.3, -0.25) is 4.79 Å². The molecule has 0 fully saturated rings. The number of carbonyl (C=O) groups is 1. The van der Waals surface area contributed by atoms with E-state index in [1.165, 1.54) is 31.4 Å². The third-order valence-electron chi connectivity index (χ3n) is 3.26. The summed E-state index contributed by atoms with van der Waals surface area (Å²) in [5, 5.41) is 0. The van der Waals surface area contributed by atoms with E-state index in [0.717, 1.165) is 11.3 Å². The van der Waals surface area contributed by atoms with E-state index >= 15 is 0 Å². The van der Waals surface area contributed by atoms with Gasteiger partial charge in [-0.15, -0.1) is 0 Å². The molecule has 0 saturated heterocycles. The van der Waals surface area contributed by atoms with Gasteiger partial charge in [0.2, 0.25) is 0 Å². The number of carbonyl (C=O) groups excluding carboxylic acids is 1. The first kappa shape index (κ1) is 19.0. The van der Waals surface area contributed by atoms with E-state index in [1.807, 2.05) is 31.2 Å². The van der Waals surface area contributed by atoms with Gasteiger partial charge >= 0.3 is 0 Å². The Morgan fingerprint density at radius 1 is 1.24 bits per heavy atom. The molecule has 6 heteroatoms. The average Bonchev–Trinajstić information content (AvgIpc) is 2.60. The monoisotopic (exact) mass is 364 g/mol. The smallest absolute Gasteiger partial charge is 0.289 e. The van der Waals surface area contributed by atoms with E-state index in [1.54, 1.807) is 6.08 Å². The van der Waals surface area contributed by atoms with Gasteiger partial charge in [-0.1, -0.05) is 30.0 Å². The van der Waals surface area contributed by atoms with Gasteiger partial charge < -0.3 is 9.47 Å². The van der Waals surface area contributed by atoms with Crippen molar-refractivity contribution in [2.75, 3.05) is 13.7 Å². The molecule has 132 valence electrons. The lowest BCUT2D eigenvalue weighted by Gasteiger charge is -2.08. The van der Waals surface area contributed by atoms with Crippen LogP contribution in [0.4, 0.5) is 8.78 Å². The molecule has 0 atom stereocenters. The van der Waals surface area contributed by atoms with Gasteiger partial charge in [-0.2, -0.15) is 8.78 Å². The van der Waals surface area contributed by atoms with Gasteiger partial charge in [0.25, 0.3) is 5.76 Å². The van der Waals surface area contributed by atoms with Gasteiger partial charge in [0, 0.05) is 5.56 Å². The Bertz CT molecular complexity index is 760. The Balaban J connectivity index is 2.16. The molecule has 2 aromatic rings. The average molecular weight is 364 g/mol.